The summed E-state index contributed by atoms with van der Waals surface area (Å²) < 4.78 is 4.96. The molecule has 1 heterocycles. The average molecular weight is 210 g/mol. The highest BCUT2D eigenvalue weighted by Gasteiger charge is 1.95. The molecule has 0 saturated heterocycles. The monoisotopic (exact) mass is 210 g/mol. The Labute approximate surface area is 90.3 Å². The molecule has 1 aromatic rings. The number of nitrogens with one attached hydrogen (secondary N) is 2. The van der Waals surface area contributed by atoms with Gasteiger partial charge in [0, 0.05) is 27.3 Å². The summed E-state index contributed by atoms with van der Waals surface area (Å²) >= 11 is 0. The third-order valence-corrected chi connectivity index (χ3v) is 1.97. The van der Waals surface area contributed by atoms with Crippen LogP contribution in [0.2, 0.25) is 0 Å². The Kier molecular flexibility index (Phi) is 5.47. The lowest BCUT2D eigenvalue weighted by Crippen LogP contribution is -2.06. The van der Waals surface area contributed by atoms with E-state index in [-0.39, 0.29) is 0 Å². The van der Waals surface area contributed by atoms with Gasteiger partial charge in [0.25, 0.3) is 0 Å². The van der Waals surface area contributed by atoms with Gasteiger partial charge in [-0.15, -0.1) is 0 Å². The maximum absolute atomic E-state index is 4.96. The van der Waals surface area contributed by atoms with Crippen molar-refractivity contribution in [2.75, 3.05) is 37.9 Å². The van der Waals surface area contributed by atoms with Crippen molar-refractivity contribution in [3.05, 3.63) is 12.4 Å². The van der Waals surface area contributed by atoms with Crippen LogP contribution in [0.5, 0.6) is 0 Å². The van der Waals surface area contributed by atoms with Crippen molar-refractivity contribution in [2.24, 2.45) is 0 Å². The molecule has 0 aromatic carbocycles. The van der Waals surface area contributed by atoms with Gasteiger partial charge >= 0.3 is 0 Å². The van der Waals surface area contributed by atoms with E-state index in [0.29, 0.717) is 0 Å². The Morgan fingerprint density at radius 2 is 2.07 bits per heavy atom. The van der Waals surface area contributed by atoms with Gasteiger partial charge in [0.15, 0.2) is 0 Å². The van der Waals surface area contributed by atoms with Crippen molar-refractivity contribution >= 4 is 11.6 Å². The Morgan fingerprint density at radius 3 is 2.80 bits per heavy atom. The molecule has 0 fully saturated rings. The van der Waals surface area contributed by atoms with Gasteiger partial charge < -0.3 is 15.4 Å². The second-order valence-corrected chi connectivity index (χ2v) is 3.17. The van der Waals surface area contributed by atoms with Crippen LogP contribution in [0.1, 0.15) is 12.8 Å². The minimum atomic E-state index is 0.775. The standard InChI is InChI=1S/C10H18N4O/c1-11-9-7-12-8-10(14-9)13-5-3-4-6-15-2/h7-8H,3-6H2,1-2H3,(H2,11,13,14). The van der Waals surface area contributed by atoms with E-state index in [1.54, 1.807) is 19.5 Å². The van der Waals surface area contributed by atoms with Crippen LogP contribution in [0, 0.1) is 0 Å². The Hall–Kier alpha value is -1.36. The highest BCUT2D eigenvalue weighted by molar-refractivity contribution is 5.40. The largest absolute Gasteiger partial charge is 0.385 e. The second-order valence-electron chi connectivity index (χ2n) is 3.17. The topological polar surface area (TPSA) is 59.1 Å². The fourth-order valence-corrected chi connectivity index (χ4v) is 1.16. The van der Waals surface area contributed by atoms with Crippen molar-refractivity contribution in [3.8, 4) is 0 Å². The molecule has 0 atom stereocenters. The highest BCUT2D eigenvalue weighted by Crippen LogP contribution is 2.05. The fourth-order valence-electron chi connectivity index (χ4n) is 1.16. The molecule has 0 radical (unpaired) electrons. The lowest BCUT2D eigenvalue weighted by atomic mass is 10.3. The van der Waals surface area contributed by atoms with E-state index in [0.717, 1.165) is 37.6 Å². The van der Waals surface area contributed by atoms with Crippen molar-refractivity contribution in [3.63, 3.8) is 0 Å². The van der Waals surface area contributed by atoms with Crippen molar-refractivity contribution in [1.29, 1.82) is 0 Å². The van der Waals surface area contributed by atoms with E-state index < -0.39 is 0 Å². The third-order valence-electron chi connectivity index (χ3n) is 1.97. The summed E-state index contributed by atoms with van der Waals surface area (Å²) in [4.78, 5) is 8.35. The van der Waals surface area contributed by atoms with Gasteiger partial charge in [-0.05, 0) is 12.8 Å². The van der Waals surface area contributed by atoms with Crippen LogP contribution in [0.4, 0.5) is 11.6 Å². The number of ether oxygens (including phenoxy) is 1. The van der Waals surface area contributed by atoms with Gasteiger partial charge in [-0.25, -0.2) is 4.98 Å². The fraction of sp³-hybridized carbons (Fsp3) is 0.600. The number of hydrogen-bond donors (Lipinski definition) is 2. The molecule has 0 saturated carbocycles. The van der Waals surface area contributed by atoms with Crippen LogP contribution in [0.15, 0.2) is 12.4 Å². The van der Waals surface area contributed by atoms with Gasteiger partial charge in [0.1, 0.15) is 11.6 Å². The summed E-state index contributed by atoms with van der Waals surface area (Å²) in [7, 11) is 3.54. The average Bonchev–Trinajstić information content (AvgIpc) is 2.29. The molecule has 0 amide bonds. The van der Waals surface area contributed by atoms with Gasteiger partial charge in [-0.1, -0.05) is 0 Å². The maximum atomic E-state index is 4.96. The highest BCUT2D eigenvalue weighted by atomic mass is 16.5. The lowest BCUT2D eigenvalue weighted by Gasteiger charge is -2.06. The Balaban J connectivity index is 2.24. The minimum absolute atomic E-state index is 0.775. The second kappa shape index (κ2) is 7.00. The first kappa shape index (κ1) is 11.7. The number of aromatic nitrogens is 2. The van der Waals surface area contributed by atoms with E-state index in [2.05, 4.69) is 20.6 Å². The normalized spacial score (nSPS) is 10.0. The third kappa shape index (κ3) is 4.60. The first-order chi connectivity index (χ1) is 7.36. The van der Waals surface area contributed by atoms with Crippen LogP contribution >= 0.6 is 0 Å². The van der Waals surface area contributed by atoms with Crippen molar-refractivity contribution < 1.29 is 4.74 Å². The van der Waals surface area contributed by atoms with Gasteiger partial charge in [-0.2, -0.15) is 0 Å². The number of anilines is 2. The quantitative estimate of drug-likeness (QED) is 0.665. The van der Waals surface area contributed by atoms with Crippen LogP contribution in [-0.2, 0) is 4.74 Å². The SMILES string of the molecule is CNc1cncc(NCCCCOC)n1. The predicted molar refractivity (Wildman–Crippen MR) is 61.2 cm³/mol. The molecule has 0 aliphatic heterocycles. The molecule has 2 N–H and O–H groups in total. The molecule has 15 heavy (non-hydrogen) atoms. The molecule has 0 spiro atoms. The number of unbranched alkanes of at least 4 members (excludes halogenated alkanes) is 1. The molecule has 1 aromatic heterocycles. The smallest absolute Gasteiger partial charge is 0.146 e. The van der Waals surface area contributed by atoms with Gasteiger partial charge in [0.2, 0.25) is 0 Å². The summed E-state index contributed by atoms with van der Waals surface area (Å²) in [5.41, 5.74) is 0. The minimum Gasteiger partial charge on any atom is -0.385 e. The first-order valence-electron chi connectivity index (χ1n) is 5.09. The summed E-state index contributed by atoms with van der Waals surface area (Å²) in [6.45, 7) is 1.70. The number of nitrogens with zero attached hydrogens (tertiary/aromatic N) is 2. The molecular weight excluding hydrogens is 192 g/mol. The van der Waals surface area contributed by atoms with Crippen LogP contribution in [0.3, 0.4) is 0 Å². The molecule has 84 valence electrons. The zero-order valence-electron chi connectivity index (χ0n) is 9.29. The van der Waals surface area contributed by atoms with Crippen molar-refractivity contribution in [2.45, 2.75) is 12.8 Å². The molecule has 0 bridgehead atoms. The summed E-state index contributed by atoms with van der Waals surface area (Å²) in [5, 5.41) is 6.15. The van der Waals surface area contributed by atoms with E-state index in [1.807, 2.05) is 7.05 Å². The Morgan fingerprint density at radius 1 is 1.27 bits per heavy atom. The van der Waals surface area contributed by atoms with Gasteiger partial charge in [-0.3, -0.25) is 4.98 Å². The van der Waals surface area contributed by atoms with Crippen LogP contribution in [-0.4, -0.2) is 37.3 Å². The number of rotatable bonds is 7. The summed E-state index contributed by atoms with van der Waals surface area (Å²) in [6, 6.07) is 0. The summed E-state index contributed by atoms with van der Waals surface area (Å²) in [5.74, 6) is 1.58. The zero-order chi connectivity index (χ0) is 10.9. The molecule has 1 rings (SSSR count). The molecule has 0 unspecified atom stereocenters. The molecule has 5 nitrogen and oxygen atoms in total. The Bertz CT molecular complexity index is 280. The first-order valence-corrected chi connectivity index (χ1v) is 5.09. The van der Waals surface area contributed by atoms with E-state index >= 15 is 0 Å². The van der Waals surface area contributed by atoms with Crippen molar-refractivity contribution in [1.82, 2.24) is 9.97 Å². The number of hydrogen-bond acceptors (Lipinski definition) is 5. The van der Waals surface area contributed by atoms with E-state index in [1.165, 1.54) is 0 Å². The lowest BCUT2D eigenvalue weighted by molar-refractivity contribution is 0.194. The molecular formula is C10H18N4O. The maximum Gasteiger partial charge on any atom is 0.146 e. The van der Waals surface area contributed by atoms with E-state index in [4.69, 9.17) is 4.74 Å². The zero-order valence-corrected chi connectivity index (χ0v) is 9.29. The van der Waals surface area contributed by atoms with Gasteiger partial charge in [0.05, 0.1) is 12.4 Å². The summed E-state index contributed by atoms with van der Waals surface area (Å²) in [6.07, 6.45) is 5.54. The van der Waals surface area contributed by atoms with Crippen LogP contribution in [0.25, 0.3) is 0 Å². The number of methoxy groups -OCH3 is 1. The molecule has 0 aliphatic rings. The molecule has 5 heteroatoms. The molecule has 0 aliphatic carbocycles. The van der Waals surface area contributed by atoms with E-state index in [9.17, 15) is 0 Å². The predicted octanol–water partition coefficient (Wildman–Crippen LogP) is 1.36. The van der Waals surface area contributed by atoms with Crippen LogP contribution < -0.4 is 10.6 Å².